The third kappa shape index (κ3) is 4.96. The summed E-state index contributed by atoms with van der Waals surface area (Å²) in [5.41, 5.74) is 2.82. The molecule has 0 aliphatic carbocycles. The van der Waals surface area contributed by atoms with Gasteiger partial charge in [-0.25, -0.2) is 4.98 Å². The highest BCUT2D eigenvalue weighted by Gasteiger charge is 2.29. The average molecular weight is 462 g/mol. The van der Waals surface area contributed by atoms with Crippen LogP contribution in [-0.4, -0.2) is 40.3 Å². The largest absolute Gasteiger partial charge is 0.352 e. The molecule has 3 N–H and O–H groups in total. The van der Waals surface area contributed by atoms with Gasteiger partial charge in [0.05, 0.1) is 21.8 Å². The molecule has 0 radical (unpaired) electrons. The summed E-state index contributed by atoms with van der Waals surface area (Å²) in [6.45, 7) is 2.30. The monoisotopic (exact) mass is 461 g/mol. The van der Waals surface area contributed by atoms with Gasteiger partial charge in [0.25, 0.3) is 5.91 Å². The zero-order chi connectivity index (χ0) is 22.6. The van der Waals surface area contributed by atoms with E-state index in [1.165, 1.54) is 11.8 Å². The van der Waals surface area contributed by atoms with Gasteiger partial charge < -0.3 is 16.0 Å². The van der Waals surface area contributed by atoms with E-state index in [1.54, 1.807) is 6.20 Å². The molecule has 8 heteroatoms. The molecule has 1 atom stereocenters. The fourth-order valence-electron chi connectivity index (χ4n) is 4.49. The number of benzene rings is 1. The number of rotatable bonds is 7. The Morgan fingerprint density at radius 2 is 1.94 bits per heavy atom. The van der Waals surface area contributed by atoms with Crippen molar-refractivity contribution in [2.75, 3.05) is 13.1 Å². The van der Waals surface area contributed by atoms with Crippen LogP contribution < -0.4 is 16.0 Å². The van der Waals surface area contributed by atoms with Crippen molar-refractivity contribution in [1.29, 1.82) is 0 Å². The van der Waals surface area contributed by atoms with Crippen LogP contribution in [0.1, 0.15) is 30.5 Å². The molecule has 170 valence electrons. The lowest BCUT2D eigenvalue weighted by molar-refractivity contribution is -0.123. The Labute approximate surface area is 197 Å². The maximum absolute atomic E-state index is 13.3. The number of carbonyl (C=O) groups is 2. The minimum Gasteiger partial charge on any atom is -0.352 e. The molecule has 5 rings (SSSR count). The summed E-state index contributed by atoms with van der Waals surface area (Å²) in [6, 6.07) is 15.5. The fraction of sp³-hybridized carbons (Fsp3) is 0.320. The van der Waals surface area contributed by atoms with Crippen LogP contribution in [0.3, 0.4) is 0 Å². The molecular formula is C25H27N5O2S. The number of hydrogen-bond donors (Lipinski definition) is 3. The van der Waals surface area contributed by atoms with Crippen LogP contribution in [0, 0.1) is 5.92 Å². The number of imidazole rings is 1. The summed E-state index contributed by atoms with van der Waals surface area (Å²) in [7, 11) is 0. The van der Waals surface area contributed by atoms with Crippen molar-refractivity contribution in [1.82, 2.24) is 25.3 Å². The molecule has 1 fully saturated rings. The van der Waals surface area contributed by atoms with E-state index < -0.39 is 0 Å². The number of nitrogens with one attached hydrogen (secondary N) is 3. The van der Waals surface area contributed by atoms with Crippen LogP contribution in [0.15, 0.2) is 64.7 Å². The highest BCUT2D eigenvalue weighted by Crippen LogP contribution is 2.34. The van der Waals surface area contributed by atoms with E-state index in [4.69, 9.17) is 0 Å². The first kappa shape index (κ1) is 21.7. The summed E-state index contributed by atoms with van der Waals surface area (Å²) in [6.07, 6.45) is 5.81. The first-order valence-corrected chi connectivity index (χ1v) is 12.2. The number of amides is 2. The lowest BCUT2D eigenvalue weighted by Gasteiger charge is -2.31. The second-order valence-corrected chi connectivity index (χ2v) is 9.55. The van der Waals surface area contributed by atoms with Crippen LogP contribution in [0.4, 0.5) is 0 Å². The van der Waals surface area contributed by atoms with Crippen LogP contribution in [0.25, 0.3) is 11.7 Å². The number of pyridine rings is 1. The van der Waals surface area contributed by atoms with E-state index in [1.807, 2.05) is 59.0 Å². The van der Waals surface area contributed by atoms with Gasteiger partial charge in [-0.3, -0.25) is 14.0 Å². The number of hydrogen-bond acceptors (Lipinski definition) is 5. The molecule has 2 aliphatic rings. The van der Waals surface area contributed by atoms with E-state index >= 15 is 0 Å². The van der Waals surface area contributed by atoms with Crippen molar-refractivity contribution >= 4 is 35.3 Å². The van der Waals surface area contributed by atoms with Gasteiger partial charge in [0.2, 0.25) is 5.91 Å². The molecule has 1 saturated heterocycles. The molecular weight excluding hydrogens is 434 g/mol. The minimum absolute atomic E-state index is 0.0455. The zero-order valence-electron chi connectivity index (χ0n) is 18.3. The van der Waals surface area contributed by atoms with Crippen LogP contribution in [-0.2, 0) is 16.1 Å². The van der Waals surface area contributed by atoms with Crippen LogP contribution in [0.5, 0.6) is 0 Å². The molecule has 2 amide bonds. The van der Waals surface area contributed by atoms with Crippen LogP contribution >= 0.6 is 11.8 Å². The van der Waals surface area contributed by atoms with Gasteiger partial charge in [-0.05, 0) is 55.6 Å². The molecule has 0 bridgehead atoms. The van der Waals surface area contributed by atoms with Crippen molar-refractivity contribution in [2.24, 2.45) is 5.92 Å². The summed E-state index contributed by atoms with van der Waals surface area (Å²) < 4.78 is 2.04. The number of piperidine rings is 1. The van der Waals surface area contributed by atoms with E-state index in [2.05, 4.69) is 20.9 Å². The van der Waals surface area contributed by atoms with Crippen molar-refractivity contribution in [2.45, 2.75) is 36.9 Å². The number of carbonyl (C=O) groups excluding carboxylic acids is 2. The summed E-state index contributed by atoms with van der Waals surface area (Å²) in [5.74, 6) is 0.0838. The summed E-state index contributed by atoms with van der Waals surface area (Å²) in [5, 5.41) is 10.5. The molecule has 4 heterocycles. The van der Waals surface area contributed by atoms with E-state index in [-0.39, 0.29) is 30.2 Å². The molecule has 3 aromatic rings. The Kier molecular flexibility index (Phi) is 6.46. The van der Waals surface area contributed by atoms with Crippen molar-refractivity contribution in [3.63, 3.8) is 0 Å². The molecule has 7 nitrogen and oxygen atoms in total. The van der Waals surface area contributed by atoms with Crippen LogP contribution in [0.2, 0.25) is 0 Å². The van der Waals surface area contributed by atoms with Gasteiger partial charge in [-0.15, -0.1) is 0 Å². The van der Waals surface area contributed by atoms with Gasteiger partial charge in [-0.1, -0.05) is 48.2 Å². The SMILES string of the molecule is O=C(CC(NC(=O)C1=Cc2cnc3cccc(n23)S1)C1CCNCC1)NCc1ccccc1. The van der Waals surface area contributed by atoms with Crippen molar-refractivity contribution < 1.29 is 9.59 Å². The number of nitrogens with zero attached hydrogens (tertiary/aromatic N) is 2. The Morgan fingerprint density at radius 3 is 2.76 bits per heavy atom. The standard InChI is InChI=1S/C25H27N5O2S/c31-23(28-15-17-5-2-1-3-6-17)14-20(18-9-11-26-12-10-18)29-25(32)21-13-19-16-27-22-7-4-8-24(33-21)30(19)22/h1-8,13,16,18,20,26H,9-12,14-15H2,(H,28,31)(H,29,32). The van der Waals surface area contributed by atoms with Crippen molar-refractivity contribution in [3.8, 4) is 0 Å². The fourth-order valence-corrected chi connectivity index (χ4v) is 5.48. The van der Waals surface area contributed by atoms with Gasteiger partial charge in [0, 0.05) is 19.0 Å². The van der Waals surface area contributed by atoms with E-state index in [9.17, 15) is 9.59 Å². The summed E-state index contributed by atoms with van der Waals surface area (Å²) >= 11 is 1.44. The molecule has 2 aromatic heterocycles. The van der Waals surface area contributed by atoms with E-state index in [0.29, 0.717) is 11.4 Å². The second-order valence-electron chi connectivity index (χ2n) is 8.49. The third-order valence-electron chi connectivity index (χ3n) is 6.25. The molecule has 0 saturated carbocycles. The smallest absolute Gasteiger partial charge is 0.258 e. The lowest BCUT2D eigenvalue weighted by atomic mass is 9.88. The van der Waals surface area contributed by atoms with Gasteiger partial charge in [0.1, 0.15) is 5.65 Å². The number of thioether (sulfide) groups is 1. The average Bonchev–Trinajstić information content (AvgIpc) is 3.28. The number of aromatic nitrogens is 2. The first-order valence-electron chi connectivity index (χ1n) is 11.4. The highest BCUT2D eigenvalue weighted by molar-refractivity contribution is 8.04. The lowest BCUT2D eigenvalue weighted by Crippen LogP contribution is -2.47. The molecule has 1 unspecified atom stereocenters. The highest BCUT2D eigenvalue weighted by atomic mass is 32.2. The Bertz CT molecular complexity index is 1180. The van der Waals surface area contributed by atoms with Gasteiger partial charge in [-0.2, -0.15) is 0 Å². The quantitative estimate of drug-likeness (QED) is 0.504. The zero-order valence-corrected chi connectivity index (χ0v) is 19.1. The minimum atomic E-state index is -0.209. The van der Waals surface area contributed by atoms with Crippen molar-refractivity contribution in [3.05, 3.63) is 70.9 Å². The Balaban J connectivity index is 1.28. The second kappa shape index (κ2) is 9.80. The first-order chi connectivity index (χ1) is 16.2. The maximum Gasteiger partial charge on any atom is 0.258 e. The molecule has 33 heavy (non-hydrogen) atoms. The normalized spacial score (nSPS) is 16.8. The molecule has 1 aromatic carbocycles. The predicted octanol–water partition coefficient (Wildman–Crippen LogP) is 2.97. The van der Waals surface area contributed by atoms with Gasteiger partial charge >= 0.3 is 0 Å². The Morgan fingerprint density at radius 1 is 1.12 bits per heavy atom. The predicted molar refractivity (Wildman–Crippen MR) is 129 cm³/mol. The summed E-state index contributed by atoms with van der Waals surface area (Å²) in [4.78, 5) is 31.1. The molecule has 2 aliphatic heterocycles. The maximum atomic E-state index is 13.3. The van der Waals surface area contributed by atoms with E-state index in [0.717, 1.165) is 47.9 Å². The topological polar surface area (TPSA) is 87.5 Å². The Hall–Kier alpha value is -3.10. The van der Waals surface area contributed by atoms with Gasteiger partial charge in [0.15, 0.2) is 0 Å². The molecule has 0 spiro atoms. The third-order valence-corrected chi connectivity index (χ3v) is 7.30.